The first-order chi connectivity index (χ1) is 9.49. The molecule has 6 heteroatoms. The number of carbonyl (C=O) groups excluding carboxylic acids is 2. The summed E-state index contributed by atoms with van der Waals surface area (Å²) in [5, 5.41) is 7.78. The van der Waals surface area contributed by atoms with E-state index in [0.29, 0.717) is 18.5 Å². The highest BCUT2D eigenvalue weighted by Crippen LogP contribution is 2.32. The fourth-order valence-electron chi connectivity index (χ4n) is 2.82. The number of aryl methyl sites for hydroxylation is 2. The molecular formula is C14H16N4O2. The Bertz CT molecular complexity index is 732. The van der Waals surface area contributed by atoms with E-state index >= 15 is 0 Å². The summed E-state index contributed by atoms with van der Waals surface area (Å²) < 4.78 is 1.75. The molecule has 1 saturated heterocycles. The Labute approximate surface area is 115 Å². The van der Waals surface area contributed by atoms with Crippen LogP contribution in [-0.4, -0.2) is 21.6 Å². The molecule has 1 atom stereocenters. The SMILES string of the molecule is Cc1c(N)ccc2c(C3CCC(=O)NC3=O)nn(C)c12. The molecule has 6 nitrogen and oxygen atoms in total. The molecule has 20 heavy (non-hydrogen) atoms. The van der Waals surface area contributed by atoms with E-state index in [0.717, 1.165) is 22.2 Å². The number of benzene rings is 1. The molecule has 0 bridgehead atoms. The lowest BCUT2D eigenvalue weighted by molar-refractivity contribution is -0.134. The second-order valence-electron chi connectivity index (χ2n) is 5.19. The molecule has 1 aliphatic rings. The Balaban J connectivity index is 2.16. The largest absolute Gasteiger partial charge is 0.398 e. The summed E-state index contributed by atoms with van der Waals surface area (Å²) in [5.74, 6) is -0.859. The number of amides is 2. The number of nitrogens with one attached hydrogen (secondary N) is 1. The van der Waals surface area contributed by atoms with Crippen molar-refractivity contribution in [2.45, 2.75) is 25.7 Å². The molecule has 1 aromatic carbocycles. The number of piperidine rings is 1. The molecule has 2 aromatic rings. The van der Waals surface area contributed by atoms with Gasteiger partial charge in [0.05, 0.1) is 17.1 Å². The van der Waals surface area contributed by atoms with Gasteiger partial charge in [-0.2, -0.15) is 5.10 Å². The quantitative estimate of drug-likeness (QED) is 0.598. The maximum Gasteiger partial charge on any atom is 0.235 e. The highest BCUT2D eigenvalue weighted by Gasteiger charge is 2.31. The summed E-state index contributed by atoms with van der Waals surface area (Å²) in [4.78, 5) is 23.2. The van der Waals surface area contributed by atoms with E-state index < -0.39 is 0 Å². The van der Waals surface area contributed by atoms with Gasteiger partial charge in [0, 0.05) is 24.5 Å². The molecule has 2 amide bonds. The maximum atomic E-state index is 12.0. The van der Waals surface area contributed by atoms with Crippen LogP contribution in [0.5, 0.6) is 0 Å². The van der Waals surface area contributed by atoms with E-state index in [9.17, 15) is 9.59 Å². The predicted molar refractivity (Wildman–Crippen MR) is 75.0 cm³/mol. The fourth-order valence-corrected chi connectivity index (χ4v) is 2.82. The van der Waals surface area contributed by atoms with Crippen LogP contribution in [0.15, 0.2) is 12.1 Å². The fraction of sp³-hybridized carbons (Fsp3) is 0.357. The van der Waals surface area contributed by atoms with Crippen molar-refractivity contribution >= 4 is 28.4 Å². The number of nitrogens with zero attached hydrogens (tertiary/aromatic N) is 2. The number of carbonyl (C=O) groups is 2. The number of nitrogens with two attached hydrogens (primary N) is 1. The standard InChI is InChI=1S/C14H16N4O2/c1-7-10(15)5-3-8-12(17-18(2)13(7)8)9-4-6-11(19)16-14(9)20/h3,5,9H,4,6,15H2,1-2H3,(H,16,19,20). The lowest BCUT2D eigenvalue weighted by Crippen LogP contribution is -2.39. The zero-order chi connectivity index (χ0) is 14.4. The Kier molecular flexibility index (Phi) is 2.74. The van der Waals surface area contributed by atoms with Gasteiger partial charge in [0.1, 0.15) is 0 Å². The van der Waals surface area contributed by atoms with Gasteiger partial charge >= 0.3 is 0 Å². The molecule has 1 aliphatic heterocycles. The molecule has 0 aliphatic carbocycles. The number of rotatable bonds is 1. The smallest absolute Gasteiger partial charge is 0.235 e. The second kappa shape index (κ2) is 4.33. The highest BCUT2D eigenvalue weighted by molar-refractivity contribution is 6.03. The molecule has 0 spiro atoms. The van der Waals surface area contributed by atoms with Gasteiger partial charge in [0.15, 0.2) is 0 Å². The normalized spacial score (nSPS) is 19.4. The second-order valence-corrected chi connectivity index (χ2v) is 5.19. The minimum absolute atomic E-state index is 0.216. The molecule has 3 N–H and O–H groups in total. The predicted octanol–water partition coefficient (Wildman–Crippen LogP) is 0.984. The third kappa shape index (κ3) is 1.76. The topological polar surface area (TPSA) is 90.0 Å². The summed E-state index contributed by atoms with van der Waals surface area (Å²) >= 11 is 0. The number of nitrogen functional groups attached to an aromatic ring is 1. The van der Waals surface area contributed by atoms with Crippen LogP contribution < -0.4 is 11.1 Å². The molecule has 2 heterocycles. The van der Waals surface area contributed by atoms with Crippen LogP contribution in [0, 0.1) is 6.92 Å². The van der Waals surface area contributed by atoms with Crippen molar-refractivity contribution in [2.75, 3.05) is 5.73 Å². The van der Waals surface area contributed by atoms with Gasteiger partial charge in [-0.3, -0.25) is 19.6 Å². The van der Waals surface area contributed by atoms with Crippen molar-refractivity contribution in [3.05, 3.63) is 23.4 Å². The number of imide groups is 1. The Morgan fingerprint density at radius 1 is 1.40 bits per heavy atom. The van der Waals surface area contributed by atoms with Crippen molar-refractivity contribution in [3.63, 3.8) is 0 Å². The van der Waals surface area contributed by atoms with Crippen LogP contribution >= 0.6 is 0 Å². The minimum atomic E-state index is -0.376. The average molecular weight is 272 g/mol. The van der Waals surface area contributed by atoms with Crippen LogP contribution in [-0.2, 0) is 16.6 Å². The number of aromatic nitrogens is 2. The maximum absolute atomic E-state index is 12.0. The van der Waals surface area contributed by atoms with Gasteiger partial charge < -0.3 is 5.73 Å². The third-order valence-corrected chi connectivity index (χ3v) is 3.90. The average Bonchev–Trinajstić information content (AvgIpc) is 2.72. The van der Waals surface area contributed by atoms with Crippen LogP contribution in [0.1, 0.15) is 30.0 Å². The first kappa shape index (κ1) is 12.7. The van der Waals surface area contributed by atoms with E-state index in [1.807, 2.05) is 26.1 Å². The Morgan fingerprint density at radius 3 is 2.85 bits per heavy atom. The molecular weight excluding hydrogens is 256 g/mol. The van der Waals surface area contributed by atoms with E-state index in [1.54, 1.807) is 4.68 Å². The monoisotopic (exact) mass is 272 g/mol. The number of anilines is 1. The molecule has 1 unspecified atom stereocenters. The lowest BCUT2D eigenvalue weighted by atomic mass is 9.92. The van der Waals surface area contributed by atoms with Crippen LogP contribution in [0.2, 0.25) is 0 Å². The highest BCUT2D eigenvalue weighted by atomic mass is 16.2. The van der Waals surface area contributed by atoms with Crippen LogP contribution in [0.3, 0.4) is 0 Å². The van der Waals surface area contributed by atoms with E-state index in [-0.39, 0.29) is 17.7 Å². The Hall–Kier alpha value is -2.37. The first-order valence-corrected chi connectivity index (χ1v) is 6.54. The van der Waals surface area contributed by atoms with Gasteiger partial charge in [-0.25, -0.2) is 0 Å². The molecule has 3 rings (SSSR count). The van der Waals surface area contributed by atoms with Gasteiger partial charge in [0.2, 0.25) is 11.8 Å². The number of fused-ring (bicyclic) bond motifs is 1. The van der Waals surface area contributed by atoms with Crippen LogP contribution in [0.4, 0.5) is 5.69 Å². The van der Waals surface area contributed by atoms with E-state index in [1.165, 1.54) is 0 Å². The third-order valence-electron chi connectivity index (χ3n) is 3.90. The summed E-state index contributed by atoms with van der Waals surface area (Å²) in [5.41, 5.74) is 9.23. The summed E-state index contributed by atoms with van der Waals surface area (Å²) in [6, 6.07) is 3.72. The molecule has 1 aromatic heterocycles. The molecule has 104 valence electrons. The van der Waals surface area contributed by atoms with Crippen molar-refractivity contribution in [1.29, 1.82) is 0 Å². The molecule has 0 radical (unpaired) electrons. The zero-order valence-corrected chi connectivity index (χ0v) is 11.4. The van der Waals surface area contributed by atoms with Crippen molar-refractivity contribution in [3.8, 4) is 0 Å². The van der Waals surface area contributed by atoms with Gasteiger partial charge in [-0.15, -0.1) is 0 Å². The van der Waals surface area contributed by atoms with Gasteiger partial charge in [0.25, 0.3) is 0 Å². The Morgan fingerprint density at radius 2 is 2.15 bits per heavy atom. The van der Waals surface area contributed by atoms with E-state index in [4.69, 9.17) is 5.73 Å². The van der Waals surface area contributed by atoms with Crippen molar-refractivity contribution in [1.82, 2.24) is 15.1 Å². The first-order valence-electron chi connectivity index (χ1n) is 6.54. The molecule has 0 saturated carbocycles. The van der Waals surface area contributed by atoms with Gasteiger partial charge in [-0.05, 0) is 31.0 Å². The summed E-state index contributed by atoms with van der Waals surface area (Å²) in [7, 11) is 1.84. The van der Waals surface area contributed by atoms with Crippen molar-refractivity contribution in [2.24, 2.45) is 7.05 Å². The van der Waals surface area contributed by atoms with Crippen LogP contribution in [0.25, 0.3) is 10.9 Å². The summed E-state index contributed by atoms with van der Waals surface area (Å²) in [6.45, 7) is 1.94. The summed E-state index contributed by atoms with van der Waals surface area (Å²) in [6.07, 6.45) is 0.850. The zero-order valence-electron chi connectivity index (χ0n) is 11.4. The van der Waals surface area contributed by atoms with Crippen molar-refractivity contribution < 1.29 is 9.59 Å². The molecule has 1 fully saturated rings. The van der Waals surface area contributed by atoms with E-state index in [2.05, 4.69) is 10.4 Å². The number of hydrogen-bond acceptors (Lipinski definition) is 4. The lowest BCUT2D eigenvalue weighted by Gasteiger charge is -2.19. The minimum Gasteiger partial charge on any atom is -0.398 e. The van der Waals surface area contributed by atoms with Gasteiger partial charge in [-0.1, -0.05) is 0 Å². The number of hydrogen-bond donors (Lipinski definition) is 2.